The van der Waals surface area contributed by atoms with Gasteiger partial charge in [-0.15, -0.1) is 0 Å². The SMILES string of the molecule is Nc1ncc(C(=O)O)cc1-c1cc(Cl)cc(Cl)c1Cl. The number of aromatic carboxylic acids is 1. The Morgan fingerprint density at radius 2 is 1.84 bits per heavy atom. The molecule has 4 nitrogen and oxygen atoms in total. The monoisotopic (exact) mass is 316 g/mol. The van der Waals surface area contributed by atoms with Crippen LogP contribution in [0.5, 0.6) is 0 Å². The van der Waals surface area contributed by atoms with Crippen LogP contribution in [0.15, 0.2) is 24.4 Å². The molecular formula is C12H7Cl3N2O2. The number of rotatable bonds is 2. The maximum absolute atomic E-state index is 10.9. The van der Waals surface area contributed by atoms with Crippen molar-refractivity contribution in [1.82, 2.24) is 4.98 Å². The maximum Gasteiger partial charge on any atom is 0.337 e. The van der Waals surface area contributed by atoms with E-state index in [1.165, 1.54) is 18.3 Å². The van der Waals surface area contributed by atoms with Gasteiger partial charge in [-0.1, -0.05) is 34.8 Å². The predicted molar refractivity (Wildman–Crippen MR) is 76.1 cm³/mol. The summed E-state index contributed by atoms with van der Waals surface area (Å²) in [5.41, 5.74) is 6.55. The van der Waals surface area contributed by atoms with E-state index in [1.807, 2.05) is 0 Å². The number of anilines is 1. The Hall–Kier alpha value is -1.49. The summed E-state index contributed by atoms with van der Waals surface area (Å²) < 4.78 is 0. The highest BCUT2D eigenvalue weighted by Gasteiger charge is 2.15. The molecule has 0 spiro atoms. The lowest BCUT2D eigenvalue weighted by molar-refractivity contribution is 0.0696. The summed E-state index contributed by atoms with van der Waals surface area (Å²) in [6, 6.07) is 4.41. The minimum atomic E-state index is -1.11. The van der Waals surface area contributed by atoms with Gasteiger partial charge in [-0.2, -0.15) is 0 Å². The molecule has 0 saturated heterocycles. The minimum absolute atomic E-state index is 0.00337. The van der Waals surface area contributed by atoms with E-state index in [0.29, 0.717) is 16.1 Å². The lowest BCUT2D eigenvalue weighted by Crippen LogP contribution is -2.01. The molecule has 0 saturated carbocycles. The molecule has 2 aromatic rings. The van der Waals surface area contributed by atoms with Crippen molar-refractivity contribution in [3.63, 3.8) is 0 Å². The first-order valence-electron chi connectivity index (χ1n) is 5.04. The maximum atomic E-state index is 10.9. The third-order valence-electron chi connectivity index (χ3n) is 2.45. The fourth-order valence-electron chi connectivity index (χ4n) is 1.56. The van der Waals surface area contributed by atoms with Crippen LogP contribution in [0.3, 0.4) is 0 Å². The Bertz CT molecular complexity index is 674. The van der Waals surface area contributed by atoms with Crippen LogP contribution >= 0.6 is 34.8 Å². The van der Waals surface area contributed by atoms with E-state index in [9.17, 15) is 4.79 Å². The van der Waals surface area contributed by atoms with Crippen molar-refractivity contribution in [2.24, 2.45) is 0 Å². The van der Waals surface area contributed by atoms with E-state index in [-0.39, 0.29) is 21.4 Å². The molecule has 7 heteroatoms. The fourth-order valence-corrected chi connectivity index (χ4v) is 2.26. The highest BCUT2D eigenvalue weighted by molar-refractivity contribution is 6.45. The number of aromatic nitrogens is 1. The van der Waals surface area contributed by atoms with Gasteiger partial charge in [-0.05, 0) is 18.2 Å². The average Bonchev–Trinajstić information content (AvgIpc) is 2.34. The van der Waals surface area contributed by atoms with Gasteiger partial charge in [0.1, 0.15) is 5.82 Å². The Labute approximate surface area is 123 Å². The number of halogens is 3. The van der Waals surface area contributed by atoms with E-state index in [2.05, 4.69) is 4.98 Å². The first kappa shape index (κ1) is 13.9. The van der Waals surface area contributed by atoms with Gasteiger partial charge in [-0.25, -0.2) is 9.78 Å². The quantitative estimate of drug-likeness (QED) is 0.821. The summed E-state index contributed by atoms with van der Waals surface area (Å²) in [4.78, 5) is 14.8. The number of carboxylic acids is 1. The molecule has 98 valence electrons. The molecule has 3 N–H and O–H groups in total. The highest BCUT2D eigenvalue weighted by atomic mass is 35.5. The van der Waals surface area contributed by atoms with Gasteiger partial charge in [-0.3, -0.25) is 0 Å². The molecule has 0 bridgehead atoms. The van der Waals surface area contributed by atoms with Gasteiger partial charge in [0, 0.05) is 22.3 Å². The van der Waals surface area contributed by atoms with Crippen LogP contribution in [-0.4, -0.2) is 16.1 Å². The molecule has 0 radical (unpaired) electrons. The van der Waals surface area contributed by atoms with E-state index in [4.69, 9.17) is 45.6 Å². The average molecular weight is 318 g/mol. The summed E-state index contributed by atoms with van der Waals surface area (Å²) in [6.45, 7) is 0. The van der Waals surface area contributed by atoms with Gasteiger partial charge >= 0.3 is 5.97 Å². The molecule has 0 aliphatic carbocycles. The first-order valence-corrected chi connectivity index (χ1v) is 6.17. The Kier molecular flexibility index (Phi) is 3.85. The minimum Gasteiger partial charge on any atom is -0.478 e. The van der Waals surface area contributed by atoms with Crippen molar-refractivity contribution < 1.29 is 9.90 Å². The molecular weight excluding hydrogens is 311 g/mol. The predicted octanol–water partition coefficient (Wildman–Crippen LogP) is 3.99. The van der Waals surface area contributed by atoms with Crippen LogP contribution in [0, 0.1) is 0 Å². The normalized spacial score (nSPS) is 10.5. The highest BCUT2D eigenvalue weighted by Crippen LogP contribution is 2.38. The van der Waals surface area contributed by atoms with Crippen molar-refractivity contribution in [2.45, 2.75) is 0 Å². The van der Waals surface area contributed by atoms with Gasteiger partial charge in [0.15, 0.2) is 0 Å². The van der Waals surface area contributed by atoms with Crippen LogP contribution in [0.2, 0.25) is 15.1 Å². The number of nitrogen functional groups attached to an aromatic ring is 1. The number of hydrogen-bond acceptors (Lipinski definition) is 3. The number of pyridine rings is 1. The fraction of sp³-hybridized carbons (Fsp3) is 0. The second-order valence-corrected chi connectivity index (χ2v) is 4.93. The smallest absolute Gasteiger partial charge is 0.337 e. The lowest BCUT2D eigenvalue weighted by atomic mass is 10.0. The van der Waals surface area contributed by atoms with Crippen LogP contribution in [0.4, 0.5) is 5.82 Å². The summed E-state index contributed by atoms with van der Waals surface area (Å²) >= 11 is 17.9. The zero-order chi connectivity index (χ0) is 14.2. The van der Waals surface area contributed by atoms with Crippen molar-refractivity contribution in [3.8, 4) is 11.1 Å². The zero-order valence-electron chi connectivity index (χ0n) is 9.32. The number of carboxylic acid groups (broad SMARTS) is 1. The first-order chi connectivity index (χ1) is 8.90. The van der Waals surface area contributed by atoms with Crippen molar-refractivity contribution in [3.05, 3.63) is 45.0 Å². The molecule has 0 aliphatic rings. The molecule has 0 fully saturated rings. The van der Waals surface area contributed by atoms with Gasteiger partial charge < -0.3 is 10.8 Å². The van der Waals surface area contributed by atoms with Crippen molar-refractivity contribution in [2.75, 3.05) is 5.73 Å². The van der Waals surface area contributed by atoms with Crippen molar-refractivity contribution in [1.29, 1.82) is 0 Å². The second kappa shape index (κ2) is 5.25. The van der Waals surface area contributed by atoms with E-state index in [1.54, 1.807) is 6.07 Å². The van der Waals surface area contributed by atoms with E-state index < -0.39 is 5.97 Å². The van der Waals surface area contributed by atoms with Gasteiger partial charge in [0.05, 0.1) is 15.6 Å². The molecule has 0 amide bonds. The molecule has 0 atom stereocenters. The summed E-state index contributed by atoms with van der Waals surface area (Å²) in [7, 11) is 0. The number of nitrogens with two attached hydrogens (primary N) is 1. The molecule has 1 aromatic heterocycles. The third kappa shape index (κ3) is 2.76. The standard InChI is InChI=1S/C12H7Cl3N2O2/c13-6-2-7(10(15)9(14)3-6)8-1-5(12(18)19)4-17-11(8)16/h1-4H,(H2,16,17)(H,18,19). The molecule has 19 heavy (non-hydrogen) atoms. The van der Waals surface area contributed by atoms with Crippen LogP contribution in [0.1, 0.15) is 10.4 Å². The topological polar surface area (TPSA) is 76.2 Å². The largest absolute Gasteiger partial charge is 0.478 e. The summed E-state index contributed by atoms with van der Waals surface area (Å²) in [5.74, 6) is -0.969. The Morgan fingerprint density at radius 1 is 1.16 bits per heavy atom. The van der Waals surface area contributed by atoms with Crippen LogP contribution in [-0.2, 0) is 0 Å². The number of benzene rings is 1. The van der Waals surface area contributed by atoms with Crippen LogP contribution in [0.25, 0.3) is 11.1 Å². The van der Waals surface area contributed by atoms with E-state index >= 15 is 0 Å². The lowest BCUT2D eigenvalue weighted by Gasteiger charge is -2.10. The third-order valence-corrected chi connectivity index (χ3v) is 3.47. The molecule has 0 unspecified atom stereocenters. The van der Waals surface area contributed by atoms with E-state index in [0.717, 1.165) is 0 Å². The zero-order valence-corrected chi connectivity index (χ0v) is 11.6. The van der Waals surface area contributed by atoms with Gasteiger partial charge in [0.25, 0.3) is 0 Å². The second-order valence-electron chi connectivity index (χ2n) is 3.71. The summed E-state index contributed by atoms with van der Waals surface area (Å²) in [5, 5.41) is 9.82. The summed E-state index contributed by atoms with van der Waals surface area (Å²) in [6.07, 6.45) is 1.17. The number of hydrogen-bond donors (Lipinski definition) is 2. The Morgan fingerprint density at radius 3 is 2.47 bits per heavy atom. The van der Waals surface area contributed by atoms with Crippen LogP contribution < -0.4 is 5.73 Å². The number of nitrogens with zero attached hydrogens (tertiary/aromatic N) is 1. The van der Waals surface area contributed by atoms with Crippen molar-refractivity contribution >= 4 is 46.6 Å². The van der Waals surface area contributed by atoms with Gasteiger partial charge in [0.2, 0.25) is 0 Å². The molecule has 2 rings (SSSR count). The molecule has 1 aromatic carbocycles. The molecule has 0 aliphatic heterocycles. The Balaban J connectivity index is 2.71. The number of carbonyl (C=O) groups is 1. The molecule has 1 heterocycles.